The third-order valence-corrected chi connectivity index (χ3v) is 18.0. The summed E-state index contributed by atoms with van der Waals surface area (Å²) in [5.74, 6) is 1.45. The van der Waals surface area contributed by atoms with Crippen LogP contribution in [0.4, 0.5) is 4.39 Å². The fraction of sp³-hybridized carbons (Fsp3) is 0.0286. The average Bonchev–Trinajstić information content (AvgIpc) is 1.65. The van der Waals surface area contributed by atoms with Crippen molar-refractivity contribution in [2.75, 3.05) is 7.11 Å². The fourth-order valence-corrected chi connectivity index (χ4v) is 13.4. The Bertz CT molecular complexity index is 5360. The van der Waals surface area contributed by atoms with Gasteiger partial charge in [0, 0.05) is 48.8 Å². The van der Waals surface area contributed by atoms with Crippen LogP contribution in [0, 0.1) is 12.7 Å². The third kappa shape index (κ3) is 13.6. The van der Waals surface area contributed by atoms with Crippen molar-refractivity contribution >= 4 is 126 Å². The summed E-state index contributed by atoms with van der Waals surface area (Å²) >= 11 is 11.5. The second-order valence-corrected chi connectivity index (χ2v) is 24.2. The normalized spacial score (nSPS) is 10.8. The molecule has 16 rings (SSSR count). The molecule has 0 spiro atoms. The summed E-state index contributed by atoms with van der Waals surface area (Å²) < 4.78 is 45.2. The molecule has 0 N–H and O–H groups in total. The Hall–Kier alpha value is -11.9. The summed E-state index contributed by atoms with van der Waals surface area (Å²) in [7, 11) is 1.64. The number of nitrogens with zero attached hydrogens (tertiary/aromatic N) is 12. The standard InChI is InChI=1S/C18H13N3O3S.C18H13N3O2S.C17H10ClN3O2S.C17H10FN3O2S/c1-23-15-9-5-3-7-13(15)17-12-6-2-4-8-14(12)21(20-17)18-19-16(10-25-18)24-11-22;1-12-6-2-3-7-13(12)17-14-8-4-5-9-15(14)21(20-17)18-19-16(10-24-18)23-11-22;2*18-12-5-3-4-11(8-12)16-13-6-1-2-7-14(13)21(20-16)17-19-15(9-24-17)23-10-22/h2-11H,1H3;2-11H,1H3;2*1-10H. The largest absolute Gasteiger partial charge is 0.496 e. The van der Waals surface area contributed by atoms with E-state index in [1.807, 2.05) is 158 Å². The van der Waals surface area contributed by atoms with Crippen LogP contribution in [-0.4, -0.2) is 92.1 Å². The van der Waals surface area contributed by atoms with Crippen LogP contribution in [0.2, 0.25) is 5.02 Å². The van der Waals surface area contributed by atoms with Crippen LogP contribution in [0.5, 0.6) is 29.3 Å². The van der Waals surface area contributed by atoms with Crippen LogP contribution in [0.25, 0.3) is 109 Å². The molecule has 0 amide bonds. The van der Waals surface area contributed by atoms with Crippen molar-refractivity contribution in [2.45, 2.75) is 6.92 Å². The first kappa shape index (κ1) is 63.8. The minimum atomic E-state index is -0.318. The number of para-hydroxylation sites is 5. The Balaban J connectivity index is 0.000000117. The van der Waals surface area contributed by atoms with Gasteiger partial charge in [-0.2, -0.15) is 40.3 Å². The maximum atomic E-state index is 13.6. The average molecular weight is 1380 g/mol. The molecular formula is C70H46ClFN12O9S4. The van der Waals surface area contributed by atoms with Gasteiger partial charge in [-0.1, -0.05) is 190 Å². The Morgan fingerprint density at radius 3 is 1.12 bits per heavy atom. The molecule has 478 valence electrons. The van der Waals surface area contributed by atoms with Gasteiger partial charge in [0.1, 0.15) is 34.3 Å². The topological polar surface area (TPSA) is 237 Å². The van der Waals surface area contributed by atoms with E-state index in [4.69, 9.17) is 50.6 Å². The molecule has 0 aliphatic heterocycles. The monoisotopic (exact) mass is 1380 g/mol. The van der Waals surface area contributed by atoms with Gasteiger partial charge in [-0.05, 0) is 73.2 Å². The number of hydrogen-bond acceptors (Lipinski definition) is 21. The molecule has 0 atom stereocenters. The van der Waals surface area contributed by atoms with Crippen molar-refractivity contribution in [3.8, 4) is 94.8 Å². The van der Waals surface area contributed by atoms with Gasteiger partial charge in [0.25, 0.3) is 25.9 Å². The molecule has 0 unspecified atom stereocenters. The Kier molecular flexibility index (Phi) is 19.2. The number of carbonyl (C=O) groups is 4. The Morgan fingerprint density at radius 1 is 0.392 bits per heavy atom. The van der Waals surface area contributed by atoms with E-state index >= 15 is 0 Å². The highest BCUT2D eigenvalue weighted by Crippen LogP contribution is 2.39. The number of rotatable bonds is 17. The van der Waals surface area contributed by atoms with Crippen LogP contribution >= 0.6 is 56.9 Å². The first-order valence-electron chi connectivity index (χ1n) is 29.0. The van der Waals surface area contributed by atoms with Gasteiger partial charge < -0.3 is 23.7 Å². The molecule has 97 heavy (non-hydrogen) atoms. The highest BCUT2D eigenvalue weighted by molar-refractivity contribution is 7.13. The summed E-state index contributed by atoms with van der Waals surface area (Å²) in [5.41, 5.74) is 11.6. The Morgan fingerprint density at radius 2 is 0.732 bits per heavy atom. The zero-order valence-corrected chi connectivity index (χ0v) is 54.5. The second-order valence-electron chi connectivity index (χ2n) is 20.4. The van der Waals surface area contributed by atoms with Crippen LogP contribution < -0.4 is 23.7 Å². The predicted molar refractivity (Wildman–Crippen MR) is 372 cm³/mol. The molecule has 27 heteroatoms. The molecule has 0 bridgehead atoms. The van der Waals surface area contributed by atoms with Crippen molar-refractivity contribution in [3.05, 3.63) is 232 Å². The number of methoxy groups -OCH3 is 1. The molecular weight excluding hydrogens is 1340 g/mol. The number of aromatic nitrogens is 12. The zero-order valence-electron chi connectivity index (χ0n) is 50.5. The summed E-state index contributed by atoms with van der Waals surface area (Å²) in [6.07, 6.45) is 0. The number of benzene rings is 8. The summed E-state index contributed by atoms with van der Waals surface area (Å²) in [5, 5.41) is 32.5. The molecule has 8 aromatic carbocycles. The van der Waals surface area contributed by atoms with E-state index in [2.05, 4.69) is 50.2 Å². The van der Waals surface area contributed by atoms with Gasteiger partial charge in [-0.3, -0.25) is 19.2 Å². The fourth-order valence-electron chi connectivity index (χ4n) is 10.4. The van der Waals surface area contributed by atoms with E-state index < -0.39 is 0 Å². The van der Waals surface area contributed by atoms with Gasteiger partial charge in [-0.25, -0.2) is 23.1 Å². The van der Waals surface area contributed by atoms with Crippen LogP contribution in [0.1, 0.15) is 5.56 Å². The van der Waals surface area contributed by atoms with Crippen molar-refractivity contribution in [3.63, 3.8) is 0 Å². The van der Waals surface area contributed by atoms with E-state index in [0.29, 0.717) is 62.7 Å². The molecule has 0 aliphatic rings. The molecule has 21 nitrogen and oxygen atoms in total. The maximum absolute atomic E-state index is 13.6. The lowest BCUT2D eigenvalue weighted by atomic mass is 10.0. The first-order chi connectivity index (χ1) is 47.6. The number of ether oxygens (including phenoxy) is 5. The molecule has 0 aliphatic carbocycles. The zero-order chi connectivity index (χ0) is 66.8. The first-order valence-corrected chi connectivity index (χ1v) is 32.9. The molecule has 0 saturated carbocycles. The Labute approximate surface area is 570 Å². The summed E-state index contributed by atoms with van der Waals surface area (Å²) in [4.78, 5) is 59.0. The van der Waals surface area contributed by atoms with E-state index in [1.54, 1.807) is 53.4 Å². The van der Waals surface area contributed by atoms with Crippen molar-refractivity contribution < 1.29 is 47.3 Å². The van der Waals surface area contributed by atoms with Crippen molar-refractivity contribution in [1.82, 2.24) is 59.1 Å². The smallest absolute Gasteiger partial charge is 0.299 e. The number of halogens is 2. The third-order valence-electron chi connectivity index (χ3n) is 14.6. The van der Waals surface area contributed by atoms with Gasteiger partial charge in [0.2, 0.25) is 44.0 Å². The molecule has 0 radical (unpaired) electrons. The lowest BCUT2D eigenvalue weighted by Gasteiger charge is -2.05. The predicted octanol–water partition coefficient (Wildman–Crippen LogP) is 15.8. The molecule has 0 fully saturated rings. The maximum Gasteiger partial charge on any atom is 0.299 e. The van der Waals surface area contributed by atoms with Gasteiger partial charge in [-0.15, -0.1) is 0 Å². The SMILES string of the molecule is COc1ccccc1-c1nn(-c2nc(OC=O)cs2)c2ccccc12.Cc1ccccc1-c1nn(-c2nc(OC=O)cs2)c2ccccc12.O=COc1csc(-n2nc(-c3cccc(Cl)c3)c3ccccc32)n1.O=COc1csc(-n2nc(-c3cccc(F)c3)c3ccccc32)n1. The number of hydrogen-bond donors (Lipinski definition) is 0. The minimum Gasteiger partial charge on any atom is -0.496 e. The lowest BCUT2D eigenvalue weighted by molar-refractivity contribution is -0.121. The van der Waals surface area contributed by atoms with Gasteiger partial charge in [0.15, 0.2) is 0 Å². The summed E-state index contributed by atoms with van der Waals surface area (Å²) in [6.45, 7) is 3.50. The second kappa shape index (κ2) is 29.1. The van der Waals surface area contributed by atoms with Gasteiger partial charge in [0.05, 0.1) is 50.7 Å². The van der Waals surface area contributed by atoms with Crippen LogP contribution in [0.3, 0.4) is 0 Å². The van der Waals surface area contributed by atoms with E-state index in [9.17, 15) is 23.6 Å². The number of fused-ring (bicyclic) bond motifs is 4. The van der Waals surface area contributed by atoms with E-state index in [0.717, 1.165) is 88.7 Å². The minimum absolute atomic E-state index is 0.219. The van der Waals surface area contributed by atoms with E-state index in [1.165, 1.54) is 57.5 Å². The highest BCUT2D eigenvalue weighted by Gasteiger charge is 2.22. The van der Waals surface area contributed by atoms with Gasteiger partial charge >= 0.3 is 0 Å². The number of aryl methyl sites for hydroxylation is 1. The lowest BCUT2D eigenvalue weighted by Crippen LogP contribution is -1.97. The number of carbonyl (C=O) groups excluding carboxylic acids is 4. The number of thiazole rings is 4. The van der Waals surface area contributed by atoms with Crippen molar-refractivity contribution in [1.29, 1.82) is 0 Å². The van der Waals surface area contributed by atoms with Crippen molar-refractivity contribution in [2.24, 2.45) is 0 Å². The highest BCUT2D eigenvalue weighted by atomic mass is 35.5. The molecule has 8 heterocycles. The molecule has 0 saturated heterocycles. The van der Waals surface area contributed by atoms with Crippen LogP contribution in [-0.2, 0) is 19.2 Å². The van der Waals surface area contributed by atoms with Crippen LogP contribution in [0.15, 0.2) is 216 Å². The quantitative estimate of drug-likeness (QED) is 0.0770. The molecule has 16 aromatic rings. The molecule has 8 aromatic heterocycles. The summed E-state index contributed by atoms with van der Waals surface area (Å²) in [6, 6.07) is 61.2. The van der Waals surface area contributed by atoms with E-state index in [-0.39, 0.29) is 29.3 Å².